The molecule has 0 radical (unpaired) electrons. The van der Waals surface area contributed by atoms with E-state index in [0.29, 0.717) is 19.4 Å². The van der Waals surface area contributed by atoms with Gasteiger partial charge >= 0.3 is 12.3 Å². The number of nitrogens with zero attached hydrogens (tertiary/aromatic N) is 4. The molecule has 1 saturated heterocycles. The van der Waals surface area contributed by atoms with E-state index < -0.39 is 18.3 Å². The summed E-state index contributed by atoms with van der Waals surface area (Å²) >= 11 is 0. The lowest BCUT2D eigenvalue weighted by Gasteiger charge is -2.33. The lowest BCUT2D eigenvalue weighted by atomic mass is 9.95. The predicted octanol–water partition coefficient (Wildman–Crippen LogP) is 1.41. The predicted molar refractivity (Wildman–Crippen MR) is 78.5 cm³/mol. The molecule has 24 heavy (non-hydrogen) atoms. The van der Waals surface area contributed by atoms with Crippen molar-refractivity contribution in [3.8, 4) is 0 Å². The Bertz CT molecular complexity index is 589. The van der Waals surface area contributed by atoms with E-state index in [9.17, 15) is 22.4 Å². The number of alkyl halides is 4. The number of likely N-dealkylation sites (tertiary alicyclic amines) is 1. The summed E-state index contributed by atoms with van der Waals surface area (Å²) in [7, 11) is 0. The van der Waals surface area contributed by atoms with Crippen LogP contribution in [-0.2, 0) is 17.9 Å². The van der Waals surface area contributed by atoms with E-state index in [-0.39, 0.29) is 31.4 Å². The number of aromatic nitrogens is 3. The largest absolute Gasteiger partial charge is 0.383 e. The minimum Gasteiger partial charge on any atom is -0.337 e. The molecule has 1 aromatic rings. The van der Waals surface area contributed by atoms with Crippen LogP contribution in [0.1, 0.15) is 30.4 Å². The van der Waals surface area contributed by atoms with E-state index in [2.05, 4.69) is 15.5 Å². The van der Waals surface area contributed by atoms with Gasteiger partial charge < -0.3 is 14.8 Å². The fraction of sp³-hybridized carbons (Fsp3) is 0.769. The number of fused-ring (bicyclic) bond motifs is 1. The second kappa shape index (κ2) is 7.22. The van der Waals surface area contributed by atoms with Crippen LogP contribution in [0.15, 0.2) is 0 Å². The smallest absolute Gasteiger partial charge is 0.337 e. The van der Waals surface area contributed by atoms with Gasteiger partial charge in [-0.05, 0) is 12.8 Å². The van der Waals surface area contributed by atoms with E-state index in [1.165, 1.54) is 0 Å². The van der Waals surface area contributed by atoms with Gasteiger partial charge in [-0.2, -0.15) is 8.78 Å². The van der Waals surface area contributed by atoms with Crippen LogP contribution >= 0.6 is 12.4 Å². The maximum absolute atomic E-state index is 13.1. The van der Waals surface area contributed by atoms with Gasteiger partial charge in [-0.25, -0.2) is 8.78 Å². The van der Waals surface area contributed by atoms with Crippen molar-refractivity contribution in [1.29, 1.82) is 0 Å². The third-order valence-corrected chi connectivity index (χ3v) is 4.36. The number of carbonyl (C=O) groups is 1. The van der Waals surface area contributed by atoms with Crippen LogP contribution in [0.3, 0.4) is 0 Å². The zero-order valence-corrected chi connectivity index (χ0v) is 13.5. The summed E-state index contributed by atoms with van der Waals surface area (Å²) in [6.45, 7) is 2.21. The van der Waals surface area contributed by atoms with Crippen molar-refractivity contribution in [2.45, 2.75) is 44.2 Å². The number of nitrogens with one attached hydrogen (secondary N) is 1. The molecule has 1 fully saturated rings. The molecule has 2 aliphatic heterocycles. The zero-order valence-electron chi connectivity index (χ0n) is 12.7. The number of halogens is 5. The highest BCUT2D eigenvalue weighted by Gasteiger charge is 2.51. The van der Waals surface area contributed by atoms with Gasteiger partial charge in [0.15, 0.2) is 0 Å². The Hall–Kier alpha value is -1.42. The number of hydrogen-bond acceptors (Lipinski definition) is 4. The van der Waals surface area contributed by atoms with Gasteiger partial charge in [-0.15, -0.1) is 22.6 Å². The van der Waals surface area contributed by atoms with E-state index in [1.54, 1.807) is 0 Å². The van der Waals surface area contributed by atoms with Crippen LogP contribution in [0, 0.1) is 0 Å². The molecule has 3 rings (SSSR count). The normalized spacial score (nSPS) is 19.1. The van der Waals surface area contributed by atoms with Crippen LogP contribution in [0.4, 0.5) is 17.6 Å². The molecule has 1 amide bonds. The molecule has 0 spiro atoms. The second-order valence-corrected chi connectivity index (χ2v) is 5.79. The summed E-state index contributed by atoms with van der Waals surface area (Å²) in [5.74, 6) is -4.80. The molecule has 2 aliphatic rings. The third kappa shape index (κ3) is 3.34. The number of rotatable bonds is 3. The highest BCUT2D eigenvalue weighted by Crippen LogP contribution is 2.31. The maximum atomic E-state index is 13.1. The van der Waals surface area contributed by atoms with Gasteiger partial charge in [0.1, 0.15) is 11.6 Å². The summed E-state index contributed by atoms with van der Waals surface area (Å²) in [6.07, 6.45) is -3.16. The molecule has 1 N–H and O–H groups in total. The SMILES string of the molecule is Cl.O=C(N1CCC(c2nnc3n2CCNC3)CC1)C(F)(F)C(F)F. The van der Waals surface area contributed by atoms with Crippen LogP contribution in [0.25, 0.3) is 0 Å². The summed E-state index contributed by atoms with van der Waals surface area (Å²) in [4.78, 5) is 12.4. The third-order valence-electron chi connectivity index (χ3n) is 4.36. The topological polar surface area (TPSA) is 63.1 Å². The first-order valence-corrected chi connectivity index (χ1v) is 7.49. The van der Waals surface area contributed by atoms with Crippen molar-refractivity contribution >= 4 is 18.3 Å². The molecule has 0 unspecified atom stereocenters. The average Bonchev–Trinajstić information content (AvgIpc) is 2.98. The molecule has 0 atom stereocenters. The highest BCUT2D eigenvalue weighted by atomic mass is 35.5. The van der Waals surface area contributed by atoms with E-state index in [1.807, 2.05) is 4.57 Å². The second-order valence-electron chi connectivity index (χ2n) is 5.79. The van der Waals surface area contributed by atoms with Crippen LogP contribution in [0.2, 0.25) is 0 Å². The number of carbonyl (C=O) groups excluding carboxylic acids is 1. The fourth-order valence-corrected chi connectivity index (χ4v) is 3.06. The van der Waals surface area contributed by atoms with E-state index >= 15 is 0 Å². The Balaban J connectivity index is 0.00000208. The van der Waals surface area contributed by atoms with Crippen molar-refractivity contribution in [2.24, 2.45) is 0 Å². The standard InChI is InChI=1S/C13H17F4N5O.ClH/c14-11(15)13(16,17)12(23)21-4-1-8(2-5-21)10-20-19-9-7-18-3-6-22(9)10;/h8,11,18H,1-7H2;1H. The van der Waals surface area contributed by atoms with Crippen LogP contribution in [0.5, 0.6) is 0 Å². The first kappa shape index (κ1) is 18.9. The van der Waals surface area contributed by atoms with Crippen LogP contribution in [-0.4, -0.2) is 57.6 Å². The number of amides is 1. The lowest BCUT2D eigenvalue weighted by molar-refractivity contribution is -0.181. The monoisotopic (exact) mass is 371 g/mol. The summed E-state index contributed by atoms with van der Waals surface area (Å²) in [5, 5.41) is 11.4. The van der Waals surface area contributed by atoms with Crippen LogP contribution < -0.4 is 5.32 Å². The van der Waals surface area contributed by atoms with E-state index in [0.717, 1.165) is 29.6 Å². The highest BCUT2D eigenvalue weighted by molar-refractivity contribution is 5.85. The molecule has 0 aromatic carbocycles. The minimum atomic E-state index is -4.62. The summed E-state index contributed by atoms with van der Waals surface area (Å²) in [6, 6.07) is 0. The van der Waals surface area contributed by atoms with Gasteiger partial charge in [0.25, 0.3) is 5.91 Å². The van der Waals surface area contributed by atoms with Gasteiger partial charge in [-0.3, -0.25) is 4.79 Å². The Labute approximate surface area is 142 Å². The van der Waals surface area contributed by atoms with Crippen molar-refractivity contribution < 1.29 is 22.4 Å². The van der Waals surface area contributed by atoms with Crippen molar-refractivity contribution in [1.82, 2.24) is 25.0 Å². The molecular weight excluding hydrogens is 354 g/mol. The maximum Gasteiger partial charge on any atom is 0.383 e. The Morgan fingerprint density at radius 3 is 2.50 bits per heavy atom. The Morgan fingerprint density at radius 2 is 1.88 bits per heavy atom. The van der Waals surface area contributed by atoms with Crippen molar-refractivity contribution in [3.05, 3.63) is 11.6 Å². The number of piperidine rings is 1. The average molecular weight is 372 g/mol. The van der Waals surface area contributed by atoms with Gasteiger partial charge in [0, 0.05) is 32.1 Å². The molecule has 0 aliphatic carbocycles. The molecule has 11 heteroatoms. The number of hydrogen-bond donors (Lipinski definition) is 1. The Kier molecular flexibility index (Phi) is 5.69. The zero-order chi connectivity index (χ0) is 16.6. The van der Waals surface area contributed by atoms with Crippen molar-refractivity contribution in [3.63, 3.8) is 0 Å². The molecule has 0 saturated carbocycles. The lowest BCUT2D eigenvalue weighted by Crippen LogP contribution is -2.50. The summed E-state index contributed by atoms with van der Waals surface area (Å²) < 4.78 is 52.9. The quantitative estimate of drug-likeness (QED) is 0.816. The minimum absolute atomic E-state index is 0. The Morgan fingerprint density at radius 1 is 1.21 bits per heavy atom. The molecule has 1 aromatic heterocycles. The van der Waals surface area contributed by atoms with Gasteiger partial charge in [-0.1, -0.05) is 0 Å². The molecule has 3 heterocycles. The molecule has 6 nitrogen and oxygen atoms in total. The fourth-order valence-electron chi connectivity index (χ4n) is 3.06. The molecule has 0 bridgehead atoms. The summed E-state index contributed by atoms with van der Waals surface area (Å²) in [5.41, 5.74) is 0. The molecule has 136 valence electrons. The van der Waals surface area contributed by atoms with Gasteiger partial charge in [0.2, 0.25) is 0 Å². The first-order valence-electron chi connectivity index (χ1n) is 7.49. The first-order chi connectivity index (χ1) is 10.9. The van der Waals surface area contributed by atoms with E-state index in [4.69, 9.17) is 0 Å². The van der Waals surface area contributed by atoms with Crippen molar-refractivity contribution in [2.75, 3.05) is 19.6 Å². The van der Waals surface area contributed by atoms with Gasteiger partial charge in [0.05, 0.1) is 6.54 Å². The molecular formula is C13H18ClF4N5O.